The Hall–Kier alpha value is -2.48. The van der Waals surface area contributed by atoms with Crippen LogP contribution in [0.5, 0.6) is 0 Å². The summed E-state index contributed by atoms with van der Waals surface area (Å²) < 4.78 is 0. The highest BCUT2D eigenvalue weighted by Gasteiger charge is 2.03. The predicted octanol–water partition coefficient (Wildman–Crippen LogP) is 4.71. The molecule has 0 bridgehead atoms. The van der Waals surface area contributed by atoms with Crippen LogP contribution in [0.15, 0.2) is 48.5 Å². The Morgan fingerprint density at radius 2 is 1.62 bits per heavy atom. The minimum Gasteiger partial charge on any atom is -0.378 e. The lowest BCUT2D eigenvalue weighted by atomic mass is 10.1. The van der Waals surface area contributed by atoms with Gasteiger partial charge in [0.25, 0.3) is 0 Å². The van der Waals surface area contributed by atoms with Gasteiger partial charge in [0.05, 0.1) is 0 Å². The number of anilines is 1. The number of aryl methyl sites for hydroxylation is 1. The van der Waals surface area contributed by atoms with E-state index in [-0.39, 0.29) is 0 Å². The average molecular weight is 276 g/mol. The summed E-state index contributed by atoms with van der Waals surface area (Å²) in [6.07, 6.45) is 4.30. The van der Waals surface area contributed by atoms with Gasteiger partial charge in [-0.2, -0.15) is 0 Å². The minimum atomic E-state index is 1.17. The largest absolute Gasteiger partial charge is 0.378 e. The van der Waals surface area contributed by atoms with Gasteiger partial charge in [-0.25, -0.2) is 0 Å². The molecule has 0 saturated carbocycles. The summed E-state index contributed by atoms with van der Waals surface area (Å²) in [6, 6.07) is 17.0. The number of rotatable bonds is 3. The van der Waals surface area contributed by atoms with Crippen molar-refractivity contribution in [3.8, 4) is 0 Å². The normalized spacial score (nSPS) is 11.4. The third-order valence-corrected chi connectivity index (χ3v) is 3.86. The highest BCUT2D eigenvalue weighted by atomic mass is 15.1. The predicted molar refractivity (Wildman–Crippen MR) is 92.7 cm³/mol. The van der Waals surface area contributed by atoms with Crippen LogP contribution in [0.25, 0.3) is 23.1 Å². The van der Waals surface area contributed by atoms with Gasteiger partial charge in [-0.1, -0.05) is 36.4 Å². The van der Waals surface area contributed by atoms with Crippen molar-refractivity contribution in [2.45, 2.75) is 6.92 Å². The number of hydrogen-bond donors (Lipinski definition) is 1. The van der Waals surface area contributed by atoms with Crippen LogP contribution >= 0.6 is 0 Å². The van der Waals surface area contributed by atoms with Crippen molar-refractivity contribution in [3.63, 3.8) is 0 Å². The molecule has 106 valence electrons. The lowest BCUT2D eigenvalue weighted by Gasteiger charge is -2.11. The van der Waals surface area contributed by atoms with Crippen molar-refractivity contribution < 1.29 is 0 Å². The maximum Gasteiger partial charge on any atom is 0.0461 e. The Bertz CT molecular complexity index is 777. The van der Waals surface area contributed by atoms with E-state index in [0.717, 1.165) is 0 Å². The zero-order valence-electron chi connectivity index (χ0n) is 12.7. The second kappa shape index (κ2) is 5.49. The van der Waals surface area contributed by atoms with Crippen LogP contribution in [0.4, 0.5) is 5.69 Å². The van der Waals surface area contributed by atoms with Crippen molar-refractivity contribution in [3.05, 3.63) is 65.4 Å². The van der Waals surface area contributed by atoms with Crippen LogP contribution < -0.4 is 4.90 Å². The minimum absolute atomic E-state index is 1.17. The van der Waals surface area contributed by atoms with Crippen LogP contribution in [0.3, 0.4) is 0 Å². The van der Waals surface area contributed by atoms with Crippen molar-refractivity contribution in [1.29, 1.82) is 0 Å². The second-order valence-electron chi connectivity index (χ2n) is 5.53. The van der Waals surface area contributed by atoms with Crippen molar-refractivity contribution in [2.75, 3.05) is 19.0 Å². The molecule has 2 heteroatoms. The molecule has 0 aliphatic rings. The number of para-hydroxylation sites is 1. The first-order valence-electron chi connectivity index (χ1n) is 7.18. The van der Waals surface area contributed by atoms with Gasteiger partial charge in [0.2, 0.25) is 0 Å². The van der Waals surface area contributed by atoms with E-state index < -0.39 is 0 Å². The third kappa shape index (κ3) is 2.70. The van der Waals surface area contributed by atoms with Gasteiger partial charge >= 0.3 is 0 Å². The number of nitrogens with zero attached hydrogens (tertiary/aromatic N) is 1. The maximum absolute atomic E-state index is 3.47. The molecule has 3 aromatic rings. The Balaban J connectivity index is 1.89. The first-order valence-corrected chi connectivity index (χ1v) is 7.18. The SMILES string of the molecule is Cc1c(C=Cc2ccc(N(C)C)cc2)[nH]c2ccccc12. The van der Waals surface area contributed by atoms with E-state index in [9.17, 15) is 0 Å². The van der Waals surface area contributed by atoms with E-state index in [0.29, 0.717) is 0 Å². The topological polar surface area (TPSA) is 19.0 Å². The second-order valence-corrected chi connectivity index (χ2v) is 5.53. The molecule has 0 spiro atoms. The van der Waals surface area contributed by atoms with Gasteiger partial charge in [-0.3, -0.25) is 0 Å². The number of hydrogen-bond acceptors (Lipinski definition) is 1. The molecule has 2 nitrogen and oxygen atoms in total. The van der Waals surface area contributed by atoms with Crippen molar-refractivity contribution in [1.82, 2.24) is 4.98 Å². The summed E-state index contributed by atoms with van der Waals surface area (Å²) in [6.45, 7) is 2.16. The smallest absolute Gasteiger partial charge is 0.0461 e. The molecule has 1 heterocycles. The molecule has 0 unspecified atom stereocenters. The first-order chi connectivity index (χ1) is 10.1. The standard InChI is InChI=1S/C19H20N2/c1-14-17-6-4-5-7-19(17)20-18(14)13-10-15-8-11-16(12-9-15)21(2)3/h4-13,20H,1-3H3. The van der Waals surface area contributed by atoms with Gasteiger partial charge in [0, 0.05) is 36.4 Å². The molecular weight excluding hydrogens is 256 g/mol. The third-order valence-electron chi connectivity index (χ3n) is 3.86. The van der Waals surface area contributed by atoms with E-state index in [1.54, 1.807) is 0 Å². The van der Waals surface area contributed by atoms with Crippen LogP contribution in [0.1, 0.15) is 16.8 Å². The zero-order chi connectivity index (χ0) is 14.8. The van der Waals surface area contributed by atoms with Gasteiger partial charge < -0.3 is 9.88 Å². The van der Waals surface area contributed by atoms with Gasteiger partial charge in [0.1, 0.15) is 0 Å². The Kier molecular flexibility index (Phi) is 3.53. The van der Waals surface area contributed by atoms with Crippen molar-refractivity contribution in [2.24, 2.45) is 0 Å². The molecule has 1 aromatic heterocycles. The maximum atomic E-state index is 3.47. The summed E-state index contributed by atoms with van der Waals surface area (Å²) in [4.78, 5) is 5.58. The number of H-pyrrole nitrogens is 1. The summed E-state index contributed by atoms with van der Waals surface area (Å²) in [5.41, 5.74) is 6.09. The zero-order valence-corrected chi connectivity index (χ0v) is 12.7. The van der Waals surface area contributed by atoms with Crippen LogP contribution in [0, 0.1) is 6.92 Å². The molecule has 3 rings (SSSR count). The number of aromatic amines is 1. The van der Waals surface area contributed by atoms with Crippen LogP contribution in [-0.4, -0.2) is 19.1 Å². The van der Waals surface area contributed by atoms with E-state index in [1.165, 1.54) is 33.4 Å². The molecule has 0 atom stereocenters. The van der Waals surface area contributed by atoms with E-state index in [2.05, 4.69) is 91.6 Å². The summed E-state index contributed by atoms with van der Waals surface area (Å²) in [7, 11) is 4.11. The molecule has 2 aromatic carbocycles. The van der Waals surface area contributed by atoms with Gasteiger partial charge in [-0.15, -0.1) is 0 Å². The highest BCUT2D eigenvalue weighted by molar-refractivity contribution is 5.88. The summed E-state index contributed by atoms with van der Waals surface area (Å²) in [5.74, 6) is 0. The molecule has 21 heavy (non-hydrogen) atoms. The Morgan fingerprint density at radius 1 is 0.905 bits per heavy atom. The molecule has 0 saturated heterocycles. The summed E-state index contributed by atoms with van der Waals surface area (Å²) >= 11 is 0. The van der Waals surface area contributed by atoms with Gasteiger partial charge in [0.15, 0.2) is 0 Å². The van der Waals surface area contributed by atoms with E-state index in [1.807, 2.05) is 0 Å². The van der Waals surface area contributed by atoms with E-state index in [4.69, 9.17) is 0 Å². The molecule has 0 aliphatic heterocycles. The van der Waals surface area contributed by atoms with Crippen LogP contribution in [0.2, 0.25) is 0 Å². The quantitative estimate of drug-likeness (QED) is 0.734. The lowest BCUT2D eigenvalue weighted by Crippen LogP contribution is -2.07. The summed E-state index contributed by atoms with van der Waals surface area (Å²) in [5, 5.41) is 1.29. The molecule has 0 fully saturated rings. The van der Waals surface area contributed by atoms with Crippen molar-refractivity contribution >= 4 is 28.7 Å². The molecule has 1 N–H and O–H groups in total. The monoisotopic (exact) mass is 276 g/mol. The fraction of sp³-hybridized carbons (Fsp3) is 0.158. The number of aromatic nitrogens is 1. The molecule has 0 amide bonds. The average Bonchev–Trinajstić information content (AvgIpc) is 2.82. The number of benzene rings is 2. The molecule has 0 radical (unpaired) electrons. The lowest BCUT2D eigenvalue weighted by molar-refractivity contribution is 1.13. The first kappa shape index (κ1) is 13.5. The Labute approximate surface area is 125 Å². The highest BCUT2D eigenvalue weighted by Crippen LogP contribution is 2.23. The van der Waals surface area contributed by atoms with Gasteiger partial charge in [-0.05, 0) is 42.3 Å². The van der Waals surface area contributed by atoms with E-state index >= 15 is 0 Å². The fourth-order valence-corrected chi connectivity index (χ4v) is 2.53. The number of nitrogens with one attached hydrogen (secondary N) is 1. The fourth-order valence-electron chi connectivity index (χ4n) is 2.53. The molecular formula is C19H20N2. The molecule has 0 aliphatic carbocycles. The Morgan fingerprint density at radius 3 is 2.29 bits per heavy atom. The number of fused-ring (bicyclic) bond motifs is 1. The van der Waals surface area contributed by atoms with Crippen LogP contribution in [-0.2, 0) is 0 Å².